The number of methoxy groups -OCH3 is 1. The maximum atomic E-state index is 12.0. The first-order valence-corrected chi connectivity index (χ1v) is 5.09. The summed E-state index contributed by atoms with van der Waals surface area (Å²) in [4.78, 5) is 26.1. The van der Waals surface area contributed by atoms with Crippen LogP contribution in [-0.2, 0) is 6.54 Å². The molecule has 2 aromatic rings. The SMILES string of the molecule is COc1ccc2[nH]c(=O)n(CCO)c(=O)c2c1. The van der Waals surface area contributed by atoms with Crippen LogP contribution < -0.4 is 16.0 Å². The highest BCUT2D eigenvalue weighted by Crippen LogP contribution is 2.14. The molecule has 0 saturated heterocycles. The van der Waals surface area contributed by atoms with Gasteiger partial charge in [-0.15, -0.1) is 0 Å². The van der Waals surface area contributed by atoms with E-state index in [0.29, 0.717) is 16.7 Å². The van der Waals surface area contributed by atoms with Crippen LogP contribution in [0.4, 0.5) is 0 Å². The molecule has 2 rings (SSSR count). The first-order valence-electron chi connectivity index (χ1n) is 5.09. The molecule has 0 spiro atoms. The molecule has 0 fully saturated rings. The molecule has 6 heteroatoms. The third kappa shape index (κ3) is 1.94. The second kappa shape index (κ2) is 4.42. The van der Waals surface area contributed by atoms with E-state index in [2.05, 4.69) is 4.98 Å². The number of aliphatic hydroxyl groups is 1. The molecule has 1 heterocycles. The fourth-order valence-electron chi connectivity index (χ4n) is 1.66. The summed E-state index contributed by atoms with van der Waals surface area (Å²) in [6.45, 7) is -0.292. The molecule has 1 aromatic carbocycles. The van der Waals surface area contributed by atoms with Gasteiger partial charge in [0.15, 0.2) is 0 Å². The van der Waals surface area contributed by atoms with Crippen LogP contribution in [-0.4, -0.2) is 28.4 Å². The Balaban J connectivity index is 2.79. The van der Waals surface area contributed by atoms with Crippen molar-refractivity contribution in [1.82, 2.24) is 9.55 Å². The standard InChI is InChI=1S/C11H12N2O4/c1-17-7-2-3-9-8(6-7)10(15)13(4-5-14)11(16)12-9/h2-3,6,14H,4-5H2,1H3,(H,12,16). The van der Waals surface area contributed by atoms with Gasteiger partial charge in [0, 0.05) is 0 Å². The maximum absolute atomic E-state index is 12.0. The van der Waals surface area contributed by atoms with Gasteiger partial charge in [0.2, 0.25) is 0 Å². The number of rotatable bonds is 3. The number of aliphatic hydroxyl groups excluding tert-OH is 1. The van der Waals surface area contributed by atoms with Crippen LogP contribution >= 0.6 is 0 Å². The lowest BCUT2D eigenvalue weighted by molar-refractivity contribution is 0.272. The highest BCUT2D eigenvalue weighted by atomic mass is 16.5. The normalized spacial score (nSPS) is 10.7. The van der Waals surface area contributed by atoms with Gasteiger partial charge >= 0.3 is 5.69 Å². The van der Waals surface area contributed by atoms with E-state index in [-0.39, 0.29) is 13.2 Å². The molecule has 0 unspecified atom stereocenters. The minimum atomic E-state index is -0.526. The molecule has 0 atom stereocenters. The summed E-state index contributed by atoms with van der Waals surface area (Å²) < 4.78 is 5.98. The molecule has 1 aromatic heterocycles. The number of hydrogen-bond acceptors (Lipinski definition) is 4. The van der Waals surface area contributed by atoms with Gasteiger partial charge < -0.3 is 14.8 Å². The first kappa shape index (κ1) is 11.4. The smallest absolute Gasteiger partial charge is 0.328 e. The number of aromatic nitrogens is 2. The number of ether oxygens (including phenoxy) is 1. The summed E-state index contributed by atoms with van der Waals surface area (Å²) in [5.74, 6) is 0.539. The van der Waals surface area contributed by atoms with Crippen LogP contribution in [0.15, 0.2) is 27.8 Å². The summed E-state index contributed by atoms with van der Waals surface area (Å²) in [7, 11) is 1.50. The van der Waals surface area contributed by atoms with Crippen molar-refractivity contribution < 1.29 is 9.84 Å². The van der Waals surface area contributed by atoms with E-state index in [0.717, 1.165) is 4.57 Å². The second-order valence-electron chi connectivity index (χ2n) is 3.52. The van der Waals surface area contributed by atoms with Crippen molar-refractivity contribution in [2.45, 2.75) is 6.54 Å². The topological polar surface area (TPSA) is 84.3 Å². The van der Waals surface area contributed by atoms with Crippen LogP contribution in [0.3, 0.4) is 0 Å². The Morgan fingerprint density at radius 1 is 1.41 bits per heavy atom. The number of nitrogens with one attached hydrogen (secondary N) is 1. The summed E-state index contributed by atoms with van der Waals surface area (Å²) in [6.07, 6.45) is 0. The Kier molecular flexibility index (Phi) is 2.97. The number of H-pyrrole nitrogens is 1. The van der Waals surface area contributed by atoms with Crippen molar-refractivity contribution in [3.05, 3.63) is 39.0 Å². The van der Waals surface area contributed by atoms with Crippen molar-refractivity contribution in [2.75, 3.05) is 13.7 Å². The van der Waals surface area contributed by atoms with Gasteiger partial charge in [-0.1, -0.05) is 0 Å². The van der Waals surface area contributed by atoms with Gasteiger partial charge in [0.25, 0.3) is 5.56 Å². The van der Waals surface area contributed by atoms with E-state index in [4.69, 9.17) is 9.84 Å². The van der Waals surface area contributed by atoms with Crippen LogP contribution in [0.1, 0.15) is 0 Å². The Bertz CT molecular complexity index is 657. The molecule has 2 N–H and O–H groups in total. The Morgan fingerprint density at radius 2 is 2.18 bits per heavy atom. The fraction of sp³-hybridized carbons (Fsp3) is 0.273. The molecule has 17 heavy (non-hydrogen) atoms. The summed E-state index contributed by atoms with van der Waals surface area (Å²) in [6, 6.07) is 4.83. The minimum Gasteiger partial charge on any atom is -0.497 e. The van der Waals surface area contributed by atoms with E-state index < -0.39 is 11.2 Å². The van der Waals surface area contributed by atoms with E-state index in [1.165, 1.54) is 7.11 Å². The zero-order chi connectivity index (χ0) is 12.4. The number of fused-ring (bicyclic) bond motifs is 1. The Labute approximate surface area is 96.1 Å². The first-order chi connectivity index (χ1) is 8.17. The van der Waals surface area contributed by atoms with Crippen LogP contribution in [0.2, 0.25) is 0 Å². The minimum absolute atomic E-state index is 0.0265. The monoisotopic (exact) mass is 236 g/mol. The van der Waals surface area contributed by atoms with E-state index >= 15 is 0 Å². The molecule has 0 amide bonds. The predicted molar refractivity (Wildman–Crippen MR) is 62.5 cm³/mol. The van der Waals surface area contributed by atoms with Crippen LogP contribution in [0, 0.1) is 0 Å². The lowest BCUT2D eigenvalue weighted by Gasteiger charge is -2.05. The van der Waals surface area contributed by atoms with Crippen molar-refractivity contribution in [2.24, 2.45) is 0 Å². The van der Waals surface area contributed by atoms with Gasteiger partial charge in [-0.05, 0) is 18.2 Å². The highest BCUT2D eigenvalue weighted by Gasteiger charge is 2.07. The lowest BCUT2D eigenvalue weighted by Crippen LogP contribution is -2.35. The van der Waals surface area contributed by atoms with E-state index in [1.54, 1.807) is 18.2 Å². The third-order valence-corrected chi connectivity index (χ3v) is 2.51. The Morgan fingerprint density at radius 3 is 2.82 bits per heavy atom. The number of benzene rings is 1. The molecule has 6 nitrogen and oxygen atoms in total. The molecular formula is C11H12N2O4. The van der Waals surface area contributed by atoms with E-state index in [9.17, 15) is 9.59 Å². The highest BCUT2D eigenvalue weighted by molar-refractivity contribution is 5.78. The molecule has 0 radical (unpaired) electrons. The summed E-state index contributed by atoms with van der Waals surface area (Å²) >= 11 is 0. The molecule has 0 aliphatic rings. The van der Waals surface area contributed by atoms with E-state index in [1.807, 2.05) is 0 Å². The molecule has 0 bridgehead atoms. The quantitative estimate of drug-likeness (QED) is 0.765. The van der Waals surface area contributed by atoms with Gasteiger partial charge in [0.1, 0.15) is 5.75 Å². The fourth-order valence-corrected chi connectivity index (χ4v) is 1.66. The largest absolute Gasteiger partial charge is 0.497 e. The average molecular weight is 236 g/mol. The molecule has 0 aliphatic carbocycles. The maximum Gasteiger partial charge on any atom is 0.328 e. The van der Waals surface area contributed by atoms with Crippen molar-refractivity contribution >= 4 is 10.9 Å². The number of hydrogen-bond donors (Lipinski definition) is 2. The van der Waals surface area contributed by atoms with Crippen molar-refractivity contribution in [3.63, 3.8) is 0 Å². The zero-order valence-electron chi connectivity index (χ0n) is 9.27. The van der Waals surface area contributed by atoms with Gasteiger partial charge in [0.05, 0.1) is 31.2 Å². The summed E-state index contributed by atoms with van der Waals surface area (Å²) in [5, 5.41) is 9.16. The van der Waals surface area contributed by atoms with Gasteiger partial charge in [-0.25, -0.2) is 4.79 Å². The molecule has 90 valence electrons. The summed E-state index contributed by atoms with van der Waals surface area (Å²) in [5.41, 5.74) is -0.506. The Hall–Kier alpha value is -2.08. The molecule has 0 aliphatic heterocycles. The number of nitrogens with zero attached hydrogens (tertiary/aromatic N) is 1. The third-order valence-electron chi connectivity index (χ3n) is 2.51. The number of aromatic amines is 1. The zero-order valence-corrected chi connectivity index (χ0v) is 9.27. The van der Waals surface area contributed by atoms with Gasteiger partial charge in [-0.2, -0.15) is 0 Å². The van der Waals surface area contributed by atoms with Crippen molar-refractivity contribution in [1.29, 1.82) is 0 Å². The predicted octanol–water partition coefficient (Wildman–Crippen LogP) is -0.309. The van der Waals surface area contributed by atoms with Crippen molar-refractivity contribution in [3.8, 4) is 5.75 Å². The molecule has 0 saturated carbocycles. The van der Waals surface area contributed by atoms with Gasteiger partial charge in [-0.3, -0.25) is 9.36 Å². The van der Waals surface area contributed by atoms with Crippen LogP contribution in [0.25, 0.3) is 10.9 Å². The average Bonchev–Trinajstić information content (AvgIpc) is 2.34. The molecular weight excluding hydrogens is 224 g/mol. The second-order valence-corrected chi connectivity index (χ2v) is 3.52. The van der Waals surface area contributed by atoms with Crippen LogP contribution in [0.5, 0.6) is 5.75 Å². The lowest BCUT2D eigenvalue weighted by atomic mass is 10.2.